The van der Waals surface area contributed by atoms with Crippen molar-refractivity contribution < 1.29 is 13.9 Å². The number of hydrogen-bond donors (Lipinski definition) is 1. The van der Waals surface area contributed by atoms with Gasteiger partial charge in [0.2, 0.25) is 0 Å². The highest BCUT2D eigenvalue weighted by Crippen LogP contribution is 2.29. The highest BCUT2D eigenvalue weighted by Gasteiger charge is 2.15. The van der Waals surface area contributed by atoms with Gasteiger partial charge < -0.3 is 5.11 Å². The third kappa shape index (κ3) is 3.53. The first-order valence-corrected chi connectivity index (χ1v) is 6.71. The topological polar surface area (TPSA) is 20.2 Å². The zero-order valence-electron chi connectivity index (χ0n) is 9.71. The van der Waals surface area contributed by atoms with Gasteiger partial charge in [0.15, 0.2) is 0 Å². The van der Waals surface area contributed by atoms with Crippen molar-refractivity contribution in [3.8, 4) is 0 Å². The molecule has 0 aliphatic heterocycles. The molecular weight excluding hydrogens is 338 g/mol. The normalized spacial score (nSPS) is 12.5. The van der Waals surface area contributed by atoms with Gasteiger partial charge in [0.25, 0.3) is 0 Å². The molecule has 100 valence electrons. The second-order valence-electron chi connectivity index (χ2n) is 4.12. The Kier molecular flexibility index (Phi) is 4.55. The first kappa shape index (κ1) is 14.4. The van der Waals surface area contributed by atoms with Crippen molar-refractivity contribution in [1.29, 1.82) is 0 Å². The van der Waals surface area contributed by atoms with E-state index in [0.717, 1.165) is 22.7 Å². The van der Waals surface area contributed by atoms with Crippen LogP contribution in [0.1, 0.15) is 17.2 Å². The molecule has 1 atom stereocenters. The maximum atomic E-state index is 13.5. The van der Waals surface area contributed by atoms with E-state index >= 15 is 0 Å². The Morgan fingerprint density at radius 3 is 2.58 bits per heavy atom. The fourth-order valence-corrected chi connectivity index (χ4v) is 2.59. The summed E-state index contributed by atoms with van der Waals surface area (Å²) in [5, 5.41) is 10.4. The fourth-order valence-electron chi connectivity index (χ4n) is 1.79. The molecule has 0 spiro atoms. The van der Waals surface area contributed by atoms with Gasteiger partial charge in [0.1, 0.15) is 11.6 Å². The zero-order valence-corrected chi connectivity index (χ0v) is 12.0. The van der Waals surface area contributed by atoms with E-state index in [-0.39, 0.29) is 12.0 Å². The molecule has 1 unspecified atom stereocenters. The average Bonchev–Trinajstić information content (AvgIpc) is 2.33. The summed E-state index contributed by atoms with van der Waals surface area (Å²) in [7, 11) is 0. The second kappa shape index (κ2) is 5.99. The van der Waals surface area contributed by atoms with Crippen LogP contribution >= 0.6 is 27.5 Å². The van der Waals surface area contributed by atoms with Gasteiger partial charge in [-0.1, -0.05) is 33.6 Å². The molecule has 0 saturated carbocycles. The van der Waals surface area contributed by atoms with Crippen LogP contribution in [0.25, 0.3) is 0 Å². The van der Waals surface area contributed by atoms with Crippen molar-refractivity contribution in [2.75, 3.05) is 0 Å². The summed E-state index contributed by atoms with van der Waals surface area (Å²) < 4.78 is 27.3. The fraction of sp³-hybridized carbons (Fsp3) is 0.143. The van der Waals surface area contributed by atoms with Gasteiger partial charge in [-0.15, -0.1) is 0 Å². The number of aliphatic hydroxyl groups excluding tert-OH is 1. The minimum atomic E-state index is -0.989. The summed E-state index contributed by atoms with van der Waals surface area (Å²) in [5.74, 6) is -1.08. The van der Waals surface area contributed by atoms with Crippen molar-refractivity contribution in [2.24, 2.45) is 0 Å². The van der Waals surface area contributed by atoms with Gasteiger partial charge >= 0.3 is 0 Å². The van der Waals surface area contributed by atoms with Crippen LogP contribution in [0.5, 0.6) is 0 Å². The lowest BCUT2D eigenvalue weighted by molar-refractivity contribution is 0.177. The minimum Gasteiger partial charge on any atom is -0.388 e. The summed E-state index contributed by atoms with van der Waals surface area (Å²) in [6.07, 6.45) is -1.03. The lowest BCUT2D eigenvalue weighted by atomic mass is 10.0. The van der Waals surface area contributed by atoms with E-state index in [1.165, 1.54) is 0 Å². The molecule has 0 fully saturated rings. The molecule has 19 heavy (non-hydrogen) atoms. The molecule has 1 N–H and O–H groups in total. The summed E-state index contributed by atoms with van der Waals surface area (Å²) in [6.45, 7) is 0. The first-order chi connectivity index (χ1) is 8.97. The largest absolute Gasteiger partial charge is 0.388 e. The molecule has 2 aromatic carbocycles. The third-order valence-corrected chi connectivity index (χ3v) is 3.56. The van der Waals surface area contributed by atoms with Gasteiger partial charge in [-0.05, 0) is 41.5 Å². The summed E-state index contributed by atoms with van der Waals surface area (Å²) in [5.41, 5.74) is 0.597. The van der Waals surface area contributed by atoms with Gasteiger partial charge in [-0.25, -0.2) is 8.78 Å². The summed E-state index contributed by atoms with van der Waals surface area (Å²) in [4.78, 5) is 0. The molecule has 0 saturated heterocycles. The molecule has 2 rings (SSSR count). The van der Waals surface area contributed by atoms with Gasteiger partial charge in [-0.2, -0.15) is 0 Å². The van der Waals surface area contributed by atoms with Crippen molar-refractivity contribution in [3.63, 3.8) is 0 Å². The van der Waals surface area contributed by atoms with E-state index < -0.39 is 17.7 Å². The second-order valence-corrected chi connectivity index (χ2v) is 5.44. The number of rotatable bonds is 3. The van der Waals surface area contributed by atoms with Crippen LogP contribution in [-0.2, 0) is 6.42 Å². The predicted octanol–water partition coefficient (Wildman–Crippen LogP) is 4.66. The van der Waals surface area contributed by atoms with Crippen LogP contribution in [0.4, 0.5) is 8.78 Å². The Balaban J connectivity index is 2.25. The van der Waals surface area contributed by atoms with Crippen molar-refractivity contribution in [3.05, 3.63) is 68.7 Å². The maximum absolute atomic E-state index is 13.5. The maximum Gasteiger partial charge on any atom is 0.126 e. The molecule has 0 radical (unpaired) electrons. The number of benzene rings is 2. The van der Waals surface area contributed by atoms with Gasteiger partial charge in [0, 0.05) is 15.9 Å². The average molecular weight is 348 g/mol. The van der Waals surface area contributed by atoms with Gasteiger partial charge in [0.05, 0.1) is 6.10 Å². The molecule has 0 amide bonds. The van der Waals surface area contributed by atoms with Gasteiger partial charge in [-0.3, -0.25) is 0 Å². The van der Waals surface area contributed by atoms with Crippen LogP contribution in [-0.4, -0.2) is 5.11 Å². The van der Waals surface area contributed by atoms with E-state index in [0.29, 0.717) is 10.6 Å². The van der Waals surface area contributed by atoms with Crippen LogP contribution in [0, 0.1) is 11.6 Å². The highest BCUT2D eigenvalue weighted by atomic mass is 79.9. The monoisotopic (exact) mass is 346 g/mol. The molecule has 0 bridgehead atoms. The molecule has 1 nitrogen and oxygen atoms in total. The quantitative estimate of drug-likeness (QED) is 0.856. The van der Waals surface area contributed by atoms with E-state index in [4.69, 9.17) is 11.6 Å². The predicted molar refractivity (Wildman–Crippen MR) is 74.2 cm³/mol. The first-order valence-electron chi connectivity index (χ1n) is 5.54. The number of aliphatic hydroxyl groups is 1. The third-order valence-electron chi connectivity index (χ3n) is 2.74. The van der Waals surface area contributed by atoms with E-state index in [9.17, 15) is 13.9 Å². The molecule has 0 heterocycles. The minimum absolute atomic E-state index is 0.0368. The SMILES string of the molecule is OC(Cc1cc(F)ccc1F)c1ccc(Br)cc1Cl. The molecule has 5 heteroatoms. The van der Waals surface area contributed by atoms with E-state index in [1.54, 1.807) is 18.2 Å². The Bertz CT molecular complexity index is 604. The summed E-state index contributed by atoms with van der Waals surface area (Å²) in [6, 6.07) is 8.17. The van der Waals surface area contributed by atoms with Crippen molar-refractivity contribution in [2.45, 2.75) is 12.5 Å². The Labute approximate surface area is 123 Å². The lowest BCUT2D eigenvalue weighted by Crippen LogP contribution is -2.04. The standard InChI is InChI=1S/C14H10BrClF2O/c15-9-1-3-11(12(16)7-9)14(19)6-8-5-10(17)2-4-13(8)18/h1-5,7,14,19H,6H2. The Morgan fingerprint density at radius 1 is 1.16 bits per heavy atom. The van der Waals surface area contributed by atoms with Crippen LogP contribution in [0.3, 0.4) is 0 Å². The van der Waals surface area contributed by atoms with Crippen molar-refractivity contribution >= 4 is 27.5 Å². The molecule has 2 aromatic rings. The van der Waals surface area contributed by atoms with E-state index in [2.05, 4.69) is 15.9 Å². The molecule has 0 aliphatic rings. The smallest absolute Gasteiger partial charge is 0.126 e. The molecule has 0 aliphatic carbocycles. The van der Waals surface area contributed by atoms with Crippen LogP contribution in [0.15, 0.2) is 40.9 Å². The van der Waals surface area contributed by atoms with Crippen molar-refractivity contribution in [1.82, 2.24) is 0 Å². The van der Waals surface area contributed by atoms with E-state index in [1.807, 2.05) is 0 Å². The van der Waals surface area contributed by atoms with Crippen LogP contribution in [0.2, 0.25) is 5.02 Å². The Morgan fingerprint density at radius 2 is 1.89 bits per heavy atom. The molecule has 0 aromatic heterocycles. The Hall–Kier alpha value is -0.970. The van der Waals surface area contributed by atoms with Crippen LogP contribution < -0.4 is 0 Å². The summed E-state index contributed by atoms with van der Waals surface area (Å²) >= 11 is 9.26. The number of halogens is 4. The molecular formula is C14H10BrClF2O. The zero-order chi connectivity index (χ0) is 14.0. The lowest BCUT2D eigenvalue weighted by Gasteiger charge is -2.13. The number of hydrogen-bond acceptors (Lipinski definition) is 1. The highest BCUT2D eigenvalue weighted by molar-refractivity contribution is 9.10.